The minimum Gasteiger partial charge on any atom is -0.371 e. The Hall–Kier alpha value is -1.02. The number of anilines is 1. The van der Waals surface area contributed by atoms with E-state index in [1.54, 1.807) is 11.1 Å². The molecular weight excluding hydrogens is 208 g/mol. The zero-order chi connectivity index (χ0) is 12.1. The first-order valence-corrected chi connectivity index (χ1v) is 6.87. The standard InChI is InChI=1S/C15H24N2/c1-3-11-17-12-9-14-13(7-5-10-16-2)6-4-8-15(14)17/h4,6,8,16H,3,5,7,9-12H2,1-2H3. The predicted octanol–water partition coefficient (Wildman–Crippen LogP) is 2.61. The summed E-state index contributed by atoms with van der Waals surface area (Å²) in [5.41, 5.74) is 4.67. The van der Waals surface area contributed by atoms with Gasteiger partial charge in [-0.15, -0.1) is 0 Å². The molecule has 2 heteroatoms. The summed E-state index contributed by atoms with van der Waals surface area (Å²) < 4.78 is 0. The fraction of sp³-hybridized carbons (Fsp3) is 0.600. The van der Waals surface area contributed by atoms with Gasteiger partial charge in [0, 0.05) is 18.8 Å². The molecule has 94 valence electrons. The van der Waals surface area contributed by atoms with Gasteiger partial charge in [0.05, 0.1) is 0 Å². The van der Waals surface area contributed by atoms with Crippen LogP contribution in [0.1, 0.15) is 30.9 Å². The van der Waals surface area contributed by atoms with Crippen LogP contribution in [0.5, 0.6) is 0 Å². The molecule has 0 atom stereocenters. The molecule has 1 aromatic rings. The molecule has 0 spiro atoms. The van der Waals surface area contributed by atoms with E-state index in [1.165, 1.54) is 44.5 Å². The van der Waals surface area contributed by atoms with Gasteiger partial charge in [-0.05, 0) is 56.5 Å². The van der Waals surface area contributed by atoms with Crippen LogP contribution < -0.4 is 10.2 Å². The third kappa shape index (κ3) is 2.81. The van der Waals surface area contributed by atoms with Crippen molar-refractivity contribution in [1.29, 1.82) is 0 Å². The van der Waals surface area contributed by atoms with Crippen LogP contribution in [0.3, 0.4) is 0 Å². The molecule has 1 N–H and O–H groups in total. The molecule has 1 aromatic carbocycles. The SMILES string of the molecule is CCCN1CCc2c(CCCNC)cccc21. The Morgan fingerprint density at radius 1 is 1.35 bits per heavy atom. The summed E-state index contributed by atoms with van der Waals surface area (Å²) in [5, 5.41) is 3.22. The average molecular weight is 232 g/mol. The van der Waals surface area contributed by atoms with Crippen LogP contribution in [-0.2, 0) is 12.8 Å². The summed E-state index contributed by atoms with van der Waals surface area (Å²) in [7, 11) is 2.03. The highest BCUT2D eigenvalue weighted by Gasteiger charge is 2.20. The van der Waals surface area contributed by atoms with Gasteiger partial charge >= 0.3 is 0 Å². The lowest BCUT2D eigenvalue weighted by atomic mass is 10.0. The Balaban J connectivity index is 2.09. The number of aryl methyl sites for hydroxylation is 1. The molecule has 0 unspecified atom stereocenters. The Morgan fingerprint density at radius 3 is 3.00 bits per heavy atom. The fourth-order valence-corrected chi connectivity index (χ4v) is 2.77. The van der Waals surface area contributed by atoms with Gasteiger partial charge in [0.2, 0.25) is 0 Å². The number of hydrogen-bond acceptors (Lipinski definition) is 2. The van der Waals surface area contributed by atoms with E-state index in [0.717, 1.165) is 6.54 Å². The molecule has 2 rings (SSSR count). The van der Waals surface area contributed by atoms with Crippen LogP contribution in [0.15, 0.2) is 18.2 Å². The largest absolute Gasteiger partial charge is 0.371 e. The van der Waals surface area contributed by atoms with E-state index in [0.29, 0.717) is 0 Å². The first kappa shape index (κ1) is 12.4. The molecule has 0 aliphatic carbocycles. The molecule has 1 aliphatic heterocycles. The minimum atomic E-state index is 1.11. The smallest absolute Gasteiger partial charge is 0.0402 e. The third-order valence-electron chi connectivity index (χ3n) is 3.59. The highest BCUT2D eigenvalue weighted by Crippen LogP contribution is 2.31. The van der Waals surface area contributed by atoms with Crippen molar-refractivity contribution in [2.24, 2.45) is 0 Å². The first-order chi connectivity index (χ1) is 8.36. The Kier molecular flexibility index (Phi) is 4.43. The monoisotopic (exact) mass is 232 g/mol. The summed E-state index contributed by atoms with van der Waals surface area (Å²) in [5.74, 6) is 0. The quantitative estimate of drug-likeness (QED) is 0.759. The maximum absolute atomic E-state index is 3.22. The predicted molar refractivity (Wildman–Crippen MR) is 74.9 cm³/mol. The van der Waals surface area contributed by atoms with E-state index in [2.05, 4.69) is 35.3 Å². The molecule has 0 fully saturated rings. The summed E-state index contributed by atoms with van der Waals surface area (Å²) in [6.45, 7) is 5.79. The lowest BCUT2D eigenvalue weighted by Gasteiger charge is -2.18. The molecule has 0 radical (unpaired) electrons. The number of hydrogen-bond donors (Lipinski definition) is 1. The van der Waals surface area contributed by atoms with Gasteiger partial charge < -0.3 is 10.2 Å². The average Bonchev–Trinajstić information content (AvgIpc) is 2.75. The molecule has 0 aromatic heterocycles. The number of benzene rings is 1. The van der Waals surface area contributed by atoms with Gasteiger partial charge in [0.1, 0.15) is 0 Å². The van der Waals surface area contributed by atoms with Crippen molar-refractivity contribution in [3.8, 4) is 0 Å². The Labute approximate surface area is 105 Å². The fourth-order valence-electron chi connectivity index (χ4n) is 2.77. The summed E-state index contributed by atoms with van der Waals surface area (Å²) in [6.07, 6.45) is 4.93. The topological polar surface area (TPSA) is 15.3 Å². The Bertz CT molecular complexity index is 360. The molecule has 17 heavy (non-hydrogen) atoms. The van der Waals surface area contributed by atoms with Gasteiger partial charge in [-0.2, -0.15) is 0 Å². The molecule has 0 saturated heterocycles. The van der Waals surface area contributed by atoms with E-state index in [1.807, 2.05) is 7.05 Å². The molecule has 1 heterocycles. The highest BCUT2D eigenvalue weighted by atomic mass is 15.1. The third-order valence-corrected chi connectivity index (χ3v) is 3.59. The van der Waals surface area contributed by atoms with Crippen molar-refractivity contribution in [2.75, 3.05) is 31.6 Å². The van der Waals surface area contributed by atoms with Crippen molar-refractivity contribution >= 4 is 5.69 Å². The Morgan fingerprint density at radius 2 is 2.24 bits per heavy atom. The van der Waals surface area contributed by atoms with Crippen molar-refractivity contribution in [3.63, 3.8) is 0 Å². The van der Waals surface area contributed by atoms with E-state index in [4.69, 9.17) is 0 Å². The minimum absolute atomic E-state index is 1.11. The summed E-state index contributed by atoms with van der Waals surface area (Å²) >= 11 is 0. The van der Waals surface area contributed by atoms with E-state index in [-0.39, 0.29) is 0 Å². The van der Waals surface area contributed by atoms with Gasteiger partial charge in [0.25, 0.3) is 0 Å². The van der Waals surface area contributed by atoms with E-state index >= 15 is 0 Å². The van der Waals surface area contributed by atoms with Gasteiger partial charge in [0.15, 0.2) is 0 Å². The molecule has 0 amide bonds. The first-order valence-electron chi connectivity index (χ1n) is 6.87. The van der Waals surface area contributed by atoms with Crippen LogP contribution in [-0.4, -0.2) is 26.7 Å². The zero-order valence-corrected chi connectivity index (χ0v) is 11.1. The second-order valence-electron chi connectivity index (χ2n) is 4.86. The highest BCUT2D eigenvalue weighted by molar-refractivity contribution is 5.60. The van der Waals surface area contributed by atoms with Crippen LogP contribution in [0.25, 0.3) is 0 Å². The summed E-state index contributed by atoms with van der Waals surface area (Å²) in [4.78, 5) is 2.54. The van der Waals surface area contributed by atoms with Crippen LogP contribution in [0.2, 0.25) is 0 Å². The maximum Gasteiger partial charge on any atom is 0.0402 e. The molecule has 2 nitrogen and oxygen atoms in total. The zero-order valence-electron chi connectivity index (χ0n) is 11.1. The molecule has 0 saturated carbocycles. The van der Waals surface area contributed by atoms with E-state index in [9.17, 15) is 0 Å². The normalized spacial score (nSPS) is 14.1. The van der Waals surface area contributed by atoms with Crippen LogP contribution >= 0.6 is 0 Å². The molecule has 0 bridgehead atoms. The van der Waals surface area contributed by atoms with Gasteiger partial charge in [-0.3, -0.25) is 0 Å². The van der Waals surface area contributed by atoms with Crippen molar-refractivity contribution < 1.29 is 0 Å². The number of rotatable bonds is 6. The number of nitrogens with zero attached hydrogens (tertiary/aromatic N) is 1. The van der Waals surface area contributed by atoms with Crippen molar-refractivity contribution in [1.82, 2.24) is 5.32 Å². The van der Waals surface area contributed by atoms with Gasteiger partial charge in [-0.25, -0.2) is 0 Å². The van der Waals surface area contributed by atoms with Crippen molar-refractivity contribution in [2.45, 2.75) is 32.6 Å². The lowest BCUT2D eigenvalue weighted by Crippen LogP contribution is -2.20. The maximum atomic E-state index is 3.22. The number of nitrogens with one attached hydrogen (secondary N) is 1. The van der Waals surface area contributed by atoms with Gasteiger partial charge in [-0.1, -0.05) is 19.1 Å². The second-order valence-corrected chi connectivity index (χ2v) is 4.86. The summed E-state index contributed by atoms with van der Waals surface area (Å²) in [6, 6.07) is 6.82. The molecular formula is C15H24N2. The second kappa shape index (κ2) is 6.06. The molecule has 1 aliphatic rings. The van der Waals surface area contributed by atoms with E-state index < -0.39 is 0 Å². The van der Waals surface area contributed by atoms with Crippen LogP contribution in [0.4, 0.5) is 5.69 Å². The lowest BCUT2D eigenvalue weighted by molar-refractivity contribution is 0.722. The van der Waals surface area contributed by atoms with Crippen molar-refractivity contribution in [3.05, 3.63) is 29.3 Å². The van der Waals surface area contributed by atoms with Crippen LogP contribution in [0, 0.1) is 0 Å². The number of fused-ring (bicyclic) bond motifs is 1.